The minimum Gasteiger partial charge on any atom is -0.309 e. The van der Waals surface area contributed by atoms with E-state index in [0.29, 0.717) is 17.5 Å². The first-order chi connectivity index (χ1) is 24.3. The lowest BCUT2D eigenvalue weighted by molar-refractivity contribution is 1.06. The summed E-state index contributed by atoms with van der Waals surface area (Å²) in [6.07, 6.45) is 0. The zero-order valence-electron chi connectivity index (χ0n) is 26.6. The van der Waals surface area contributed by atoms with Crippen molar-refractivity contribution in [2.45, 2.75) is 0 Å². The van der Waals surface area contributed by atoms with Gasteiger partial charge in [-0.2, -0.15) is 0 Å². The fourth-order valence-corrected chi connectivity index (χ4v) is 6.69. The summed E-state index contributed by atoms with van der Waals surface area (Å²) in [5.41, 5.74) is 10.7. The summed E-state index contributed by atoms with van der Waals surface area (Å²) < 4.78 is 2.34. The molecule has 0 atom stereocenters. The Kier molecular flexibility index (Phi) is 7.10. The zero-order chi connectivity index (χ0) is 32.6. The highest BCUT2D eigenvalue weighted by molar-refractivity contribution is 6.09. The number of hydrogen-bond acceptors (Lipinski definition) is 3. The number of rotatable bonds is 6. The molecule has 7 aromatic carbocycles. The van der Waals surface area contributed by atoms with Gasteiger partial charge >= 0.3 is 0 Å². The molecule has 0 fully saturated rings. The van der Waals surface area contributed by atoms with Crippen molar-refractivity contribution in [2.24, 2.45) is 0 Å². The molecule has 0 aliphatic heterocycles. The van der Waals surface area contributed by atoms with E-state index in [1.54, 1.807) is 0 Å². The molecule has 0 N–H and O–H groups in total. The Morgan fingerprint density at radius 2 is 0.694 bits per heavy atom. The van der Waals surface area contributed by atoms with Crippen LogP contribution < -0.4 is 0 Å². The average Bonchev–Trinajstić information content (AvgIpc) is 3.53. The summed E-state index contributed by atoms with van der Waals surface area (Å²) in [5, 5.41) is 2.41. The van der Waals surface area contributed by atoms with E-state index >= 15 is 0 Å². The molecule has 2 aromatic heterocycles. The SMILES string of the molecule is c1ccc(-c2ccc(-c3ccc(-n4c5ccccc5c5ccccc54)c(-c4nc(-c5ccccc5)nc(-c5ccccc5)n4)c3)cc2)cc1. The number of benzene rings is 7. The van der Waals surface area contributed by atoms with Crippen LogP contribution in [0.3, 0.4) is 0 Å². The highest BCUT2D eigenvalue weighted by atomic mass is 15.1. The zero-order valence-corrected chi connectivity index (χ0v) is 26.6. The van der Waals surface area contributed by atoms with Crippen molar-refractivity contribution >= 4 is 21.8 Å². The summed E-state index contributed by atoms with van der Waals surface area (Å²) >= 11 is 0. The van der Waals surface area contributed by atoms with E-state index in [-0.39, 0.29) is 0 Å². The van der Waals surface area contributed by atoms with E-state index in [4.69, 9.17) is 15.0 Å². The van der Waals surface area contributed by atoms with Crippen molar-refractivity contribution in [2.75, 3.05) is 0 Å². The Hall–Kier alpha value is -6.65. The van der Waals surface area contributed by atoms with Gasteiger partial charge in [0, 0.05) is 27.5 Å². The van der Waals surface area contributed by atoms with Gasteiger partial charge < -0.3 is 4.57 Å². The van der Waals surface area contributed by atoms with Crippen molar-refractivity contribution in [3.63, 3.8) is 0 Å². The second kappa shape index (κ2) is 12.2. The highest BCUT2D eigenvalue weighted by Gasteiger charge is 2.20. The fraction of sp³-hybridized carbons (Fsp3) is 0. The maximum Gasteiger partial charge on any atom is 0.166 e. The van der Waals surface area contributed by atoms with Gasteiger partial charge in [0.15, 0.2) is 17.5 Å². The van der Waals surface area contributed by atoms with E-state index < -0.39 is 0 Å². The Morgan fingerprint density at radius 3 is 1.22 bits per heavy atom. The first-order valence-electron chi connectivity index (χ1n) is 16.5. The van der Waals surface area contributed by atoms with Crippen LogP contribution in [0.2, 0.25) is 0 Å². The molecule has 4 nitrogen and oxygen atoms in total. The van der Waals surface area contributed by atoms with Crippen LogP contribution in [0.15, 0.2) is 182 Å². The number of nitrogens with zero attached hydrogens (tertiary/aromatic N) is 4. The largest absolute Gasteiger partial charge is 0.309 e. The molecule has 0 aliphatic rings. The number of hydrogen-bond donors (Lipinski definition) is 0. The van der Waals surface area contributed by atoms with Crippen LogP contribution in [0.1, 0.15) is 0 Å². The third-order valence-corrected chi connectivity index (χ3v) is 9.08. The third-order valence-electron chi connectivity index (χ3n) is 9.08. The van der Waals surface area contributed by atoms with Crippen LogP contribution in [0.5, 0.6) is 0 Å². The van der Waals surface area contributed by atoms with Gasteiger partial charge in [0.25, 0.3) is 0 Å². The van der Waals surface area contributed by atoms with Crippen molar-refractivity contribution in [3.8, 4) is 62.1 Å². The van der Waals surface area contributed by atoms with E-state index in [2.05, 4.69) is 120 Å². The molecule has 0 radical (unpaired) electrons. The predicted molar refractivity (Wildman–Crippen MR) is 201 cm³/mol. The molecule has 0 aliphatic carbocycles. The Morgan fingerprint density at radius 1 is 0.306 bits per heavy atom. The molecular weight excluding hydrogens is 597 g/mol. The minimum atomic E-state index is 0.618. The summed E-state index contributed by atoms with van der Waals surface area (Å²) in [6.45, 7) is 0. The molecule has 0 saturated carbocycles. The van der Waals surface area contributed by atoms with Gasteiger partial charge in [-0.15, -0.1) is 0 Å². The minimum absolute atomic E-state index is 0.618. The number of para-hydroxylation sites is 2. The van der Waals surface area contributed by atoms with E-state index in [0.717, 1.165) is 44.5 Å². The first-order valence-corrected chi connectivity index (χ1v) is 16.5. The van der Waals surface area contributed by atoms with E-state index in [1.807, 2.05) is 66.7 Å². The van der Waals surface area contributed by atoms with Gasteiger partial charge in [0.05, 0.1) is 16.7 Å². The molecule has 0 spiro atoms. The molecule has 0 bridgehead atoms. The monoisotopic (exact) mass is 626 g/mol. The predicted octanol–water partition coefficient (Wildman–Crippen LogP) is 11.3. The molecule has 4 heteroatoms. The lowest BCUT2D eigenvalue weighted by Crippen LogP contribution is -2.04. The van der Waals surface area contributed by atoms with Gasteiger partial charge in [-0.1, -0.05) is 158 Å². The number of fused-ring (bicyclic) bond motifs is 3. The molecule has 0 amide bonds. The molecular formula is C45H30N4. The lowest BCUT2D eigenvalue weighted by atomic mass is 9.98. The van der Waals surface area contributed by atoms with Crippen LogP contribution in [0, 0.1) is 0 Å². The smallest absolute Gasteiger partial charge is 0.166 e. The fourth-order valence-electron chi connectivity index (χ4n) is 6.69. The van der Waals surface area contributed by atoms with E-state index in [1.165, 1.54) is 21.9 Å². The Bertz CT molecular complexity index is 2460. The molecule has 49 heavy (non-hydrogen) atoms. The normalized spacial score (nSPS) is 11.3. The van der Waals surface area contributed by atoms with Crippen LogP contribution in [0.25, 0.3) is 83.9 Å². The summed E-state index contributed by atoms with van der Waals surface area (Å²) in [6, 6.07) is 63.4. The van der Waals surface area contributed by atoms with Crippen molar-refractivity contribution < 1.29 is 0 Å². The summed E-state index contributed by atoms with van der Waals surface area (Å²) in [4.78, 5) is 15.3. The topological polar surface area (TPSA) is 43.6 Å². The summed E-state index contributed by atoms with van der Waals surface area (Å²) in [7, 11) is 0. The third kappa shape index (κ3) is 5.26. The molecule has 0 saturated heterocycles. The molecule has 0 unspecified atom stereocenters. The average molecular weight is 627 g/mol. The quantitative estimate of drug-likeness (QED) is 0.184. The van der Waals surface area contributed by atoms with Crippen LogP contribution in [-0.4, -0.2) is 19.5 Å². The molecule has 9 rings (SSSR count). The maximum absolute atomic E-state index is 5.18. The Labute approximate surface area is 284 Å². The van der Waals surface area contributed by atoms with Gasteiger partial charge in [-0.25, -0.2) is 15.0 Å². The standard InChI is InChI=1S/C45H30N4/c1-4-14-31(15-5-1)32-24-26-33(27-25-32)36-28-29-42(49-40-22-12-10-20-37(40)38-21-11-13-23-41(38)49)39(30-36)45-47-43(34-16-6-2-7-17-34)46-44(48-45)35-18-8-3-9-19-35/h1-30H. The van der Waals surface area contributed by atoms with E-state index in [9.17, 15) is 0 Å². The van der Waals surface area contributed by atoms with Gasteiger partial charge in [-0.3, -0.25) is 0 Å². The highest BCUT2D eigenvalue weighted by Crippen LogP contribution is 2.38. The number of aromatic nitrogens is 4. The van der Waals surface area contributed by atoms with Gasteiger partial charge in [0.2, 0.25) is 0 Å². The van der Waals surface area contributed by atoms with Crippen LogP contribution in [-0.2, 0) is 0 Å². The molecule has 2 heterocycles. The molecule has 9 aromatic rings. The second-order valence-corrected chi connectivity index (χ2v) is 12.1. The van der Waals surface area contributed by atoms with Gasteiger partial charge in [-0.05, 0) is 46.5 Å². The first kappa shape index (κ1) is 28.6. The van der Waals surface area contributed by atoms with Crippen LogP contribution in [0.4, 0.5) is 0 Å². The maximum atomic E-state index is 5.18. The second-order valence-electron chi connectivity index (χ2n) is 12.1. The van der Waals surface area contributed by atoms with Gasteiger partial charge in [0.1, 0.15) is 0 Å². The molecule has 230 valence electrons. The summed E-state index contributed by atoms with van der Waals surface area (Å²) in [5.74, 6) is 1.89. The lowest BCUT2D eigenvalue weighted by Gasteiger charge is -2.16. The van der Waals surface area contributed by atoms with Crippen molar-refractivity contribution in [1.29, 1.82) is 0 Å². The van der Waals surface area contributed by atoms with Crippen molar-refractivity contribution in [3.05, 3.63) is 182 Å². The van der Waals surface area contributed by atoms with Crippen LogP contribution >= 0.6 is 0 Å². The Balaban J connectivity index is 1.30. The van der Waals surface area contributed by atoms with Crippen molar-refractivity contribution in [1.82, 2.24) is 19.5 Å².